The molecule has 11 heteroatoms. The van der Waals surface area contributed by atoms with Gasteiger partial charge in [0.05, 0.1) is 11.7 Å². The van der Waals surface area contributed by atoms with Crippen molar-refractivity contribution in [3.05, 3.63) is 69.5 Å². The summed E-state index contributed by atoms with van der Waals surface area (Å²) in [6.45, 7) is -0.770. The molecular weight excluding hydrogens is 434 g/mol. The number of halogens is 2. The van der Waals surface area contributed by atoms with Crippen LogP contribution >= 0.6 is 0 Å². The fourth-order valence-corrected chi connectivity index (χ4v) is 4.11. The number of pyridine rings is 1. The van der Waals surface area contributed by atoms with Crippen molar-refractivity contribution in [2.75, 3.05) is 12.3 Å². The quantitative estimate of drug-likeness (QED) is 0.451. The normalized spacial score (nSPS) is 17.6. The van der Waals surface area contributed by atoms with Crippen LogP contribution in [0.2, 0.25) is 0 Å². The molecule has 0 amide bonds. The molecule has 1 aromatic carbocycles. The van der Waals surface area contributed by atoms with Crippen molar-refractivity contribution in [3.63, 3.8) is 0 Å². The Morgan fingerprint density at radius 2 is 1.97 bits per heavy atom. The Balaban J connectivity index is 1.75. The van der Waals surface area contributed by atoms with Gasteiger partial charge >= 0.3 is 11.6 Å². The van der Waals surface area contributed by atoms with E-state index < -0.39 is 30.7 Å². The molecule has 0 aliphatic carbocycles. The van der Waals surface area contributed by atoms with E-state index in [0.29, 0.717) is 22.5 Å². The van der Waals surface area contributed by atoms with Crippen LogP contribution in [0.4, 0.5) is 14.7 Å². The number of H-pyrrole nitrogens is 1. The summed E-state index contributed by atoms with van der Waals surface area (Å²) >= 11 is 0. The number of alkyl halides is 2. The molecule has 0 saturated carbocycles. The molecule has 5 rings (SSSR count). The molecule has 1 aliphatic rings. The molecule has 3 aromatic heterocycles. The van der Waals surface area contributed by atoms with Gasteiger partial charge in [0.1, 0.15) is 18.8 Å². The highest BCUT2D eigenvalue weighted by molar-refractivity contribution is 5.88. The molecule has 4 aromatic rings. The number of nitrogens with zero attached hydrogens (tertiary/aromatic N) is 4. The Morgan fingerprint density at radius 3 is 2.64 bits per heavy atom. The highest BCUT2D eigenvalue weighted by Gasteiger charge is 2.41. The van der Waals surface area contributed by atoms with Crippen molar-refractivity contribution in [1.29, 1.82) is 0 Å². The van der Waals surface area contributed by atoms with E-state index in [2.05, 4.69) is 10.1 Å². The SMILES string of the molecule is Cn1cc(-c2c(-c3ccccc3)nc(N)[n+]3c(=O)n(CC4CC(F)(F)CO4)[nH]c23)ccc1=O. The van der Waals surface area contributed by atoms with Gasteiger partial charge in [0, 0.05) is 36.9 Å². The average Bonchev–Trinajstić information content (AvgIpc) is 3.29. The summed E-state index contributed by atoms with van der Waals surface area (Å²) < 4.78 is 36.1. The lowest BCUT2D eigenvalue weighted by molar-refractivity contribution is -0.516. The number of aromatic amines is 1. The molecule has 9 nitrogen and oxygen atoms in total. The average molecular weight is 455 g/mol. The number of nitrogens with one attached hydrogen (secondary N) is 1. The molecule has 3 N–H and O–H groups in total. The van der Waals surface area contributed by atoms with Crippen LogP contribution in [-0.2, 0) is 18.3 Å². The topological polar surface area (TPSA) is 112 Å². The van der Waals surface area contributed by atoms with Crippen molar-refractivity contribution in [2.45, 2.75) is 25.0 Å². The molecule has 0 bridgehead atoms. The zero-order valence-electron chi connectivity index (χ0n) is 17.7. The monoisotopic (exact) mass is 455 g/mol. The summed E-state index contributed by atoms with van der Waals surface area (Å²) in [5.74, 6) is -2.98. The molecule has 0 spiro atoms. The van der Waals surface area contributed by atoms with Crippen LogP contribution in [0.3, 0.4) is 0 Å². The van der Waals surface area contributed by atoms with Crippen molar-refractivity contribution < 1.29 is 17.9 Å². The van der Waals surface area contributed by atoms with Crippen LogP contribution in [0.5, 0.6) is 0 Å². The van der Waals surface area contributed by atoms with Crippen molar-refractivity contribution in [2.24, 2.45) is 7.05 Å². The highest BCUT2D eigenvalue weighted by Crippen LogP contribution is 2.33. The Bertz CT molecular complexity index is 1480. The van der Waals surface area contributed by atoms with Gasteiger partial charge in [-0.1, -0.05) is 30.3 Å². The Morgan fingerprint density at radius 1 is 1.21 bits per heavy atom. The van der Waals surface area contributed by atoms with E-state index >= 15 is 0 Å². The van der Waals surface area contributed by atoms with Crippen LogP contribution in [-0.4, -0.2) is 38.0 Å². The zero-order chi connectivity index (χ0) is 23.3. The number of aromatic nitrogens is 5. The second kappa shape index (κ2) is 7.62. The van der Waals surface area contributed by atoms with E-state index in [1.165, 1.54) is 19.7 Å². The number of rotatable bonds is 4. The number of ether oxygens (including phenoxy) is 1. The number of benzene rings is 1. The first-order valence-electron chi connectivity index (χ1n) is 10.3. The lowest BCUT2D eigenvalue weighted by atomic mass is 10.0. The maximum Gasteiger partial charge on any atom is 0.428 e. The second-order valence-electron chi connectivity index (χ2n) is 8.11. The third-order valence-corrected chi connectivity index (χ3v) is 5.68. The van der Waals surface area contributed by atoms with Crippen LogP contribution < -0.4 is 21.4 Å². The maximum atomic E-state index is 13.6. The molecule has 0 radical (unpaired) electrons. The number of hydrogen-bond acceptors (Lipinski definition) is 5. The maximum absolute atomic E-state index is 13.6. The van der Waals surface area contributed by atoms with Gasteiger partial charge in [-0.3, -0.25) is 4.79 Å². The Hall–Kier alpha value is -3.86. The number of aryl methyl sites for hydroxylation is 1. The molecule has 1 atom stereocenters. The standard InChI is InChI=1S/C22H20F2N6O3/c1-28-10-14(7-8-16(28)31)17-18(13-5-3-2-4-6-13)26-20(25)30-19(17)27-29(21(30)32)11-15-9-22(23,24)12-33-15/h2-8,10,15H,9,11-12H2,1H3,(H2,25,26,27)/p+1. The fourth-order valence-electron chi connectivity index (χ4n) is 4.11. The predicted molar refractivity (Wildman–Crippen MR) is 116 cm³/mol. The molecule has 1 saturated heterocycles. The zero-order valence-corrected chi connectivity index (χ0v) is 17.7. The molecule has 1 fully saturated rings. The third kappa shape index (κ3) is 3.69. The van der Waals surface area contributed by atoms with E-state index in [0.717, 1.165) is 5.56 Å². The van der Waals surface area contributed by atoms with Gasteiger partial charge < -0.3 is 15.0 Å². The van der Waals surface area contributed by atoms with E-state index in [1.54, 1.807) is 19.3 Å². The first-order chi connectivity index (χ1) is 15.7. The molecule has 1 unspecified atom stereocenters. The minimum absolute atomic E-state index is 0.0601. The minimum Gasteiger partial charge on any atom is -0.369 e. The van der Waals surface area contributed by atoms with Gasteiger partial charge in [0.2, 0.25) is 11.2 Å². The Kier molecular flexibility index (Phi) is 4.85. The van der Waals surface area contributed by atoms with Gasteiger partial charge in [-0.05, 0) is 6.07 Å². The molecular formula is C22H21F2N6O3+. The first-order valence-corrected chi connectivity index (χ1v) is 10.3. The van der Waals surface area contributed by atoms with Crippen LogP contribution in [0.15, 0.2) is 58.3 Å². The lowest BCUT2D eigenvalue weighted by Crippen LogP contribution is -2.45. The summed E-state index contributed by atoms with van der Waals surface area (Å²) in [6, 6.07) is 12.3. The number of nitrogens with two attached hydrogens (primary N) is 1. The van der Waals surface area contributed by atoms with Gasteiger partial charge in [0.15, 0.2) is 0 Å². The van der Waals surface area contributed by atoms with Crippen molar-refractivity contribution in [3.8, 4) is 22.4 Å². The minimum atomic E-state index is -2.92. The van der Waals surface area contributed by atoms with Gasteiger partial charge in [-0.15, -0.1) is 9.38 Å². The predicted octanol–water partition coefficient (Wildman–Crippen LogP) is 1.35. The molecule has 170 valence electrons. The van der Waals surface area contributed by atoms with E-state index in [4.69, 9.17) is 10.5 Å². The van der Waals surface area contributed by atoms with Crippen molar-refractivity contribution >= 4 is 11.6 Å². The molecule has 33 heavy (non-hydrogen) atoms. The largest absolute Gasteiger partial charge is 0.428 e. The smallest absolute Gasteiger partial charge is 0.369 e. The van der Waals surface area contributed by atoms with Crippen LogP contribution in [0.1, 0.15) is 6.42 Å². The summed E-state index contributed by atoms with van der Waals surface area (Å²) in [6.07, 6.45) is 0.337. The number of nitrogen functional groups attached to an aromatic ring is 1. The van der Waals surface area contributed by atoms with E-state index in [9.17, 15) is 18.4 Å². The summed E-state index contributed by atoms with van der Waals surface area (Å²) in [5, 5.41) is 3.01. The Labute approximate surface area is 185 Å². The van der Waals surface area contributed by atoms with E-state index in [1.807, 2.05) is 30.3 Å². The van der Waals surface area contributed by atoms with Crippen molar-refractivity contribution in [1.82, 2.24) is 19.3 Å². The summed E-state index contributed by atoms with van der Waals surface area (Å²) in [4.78, 5) is 29.6. The van der Waals surface area contributed by atoms with Crippen LogP contribution in [0.25, 0.3) is 28.0 Å². The van der Waals surface area contributed by atoms with Gasteiger partial charge in [0.25, 0.3) is 5.92 Å². The number of hydrogen-bond donors (Lipinski definition) is 2. The number of anilines is 1. The lowest BCUT2D eigenvalue weighted by Gasteiger charge is -2.09. The third-order valence-electron chi connectivity index (χ3n) is 5.68. The summed E-state index contributed by atoms with van der Waals surface area (Å²) in [5.41, 5.74) is 8.17. The van der Waals surface area contributed by atoms with Gasteiger partial charge in [-0.25, -0.2) is 18.7 Å². The first kappa shape index (κ1) is 21.0. The molecule has 1 aliphatic heterocycles. The van der Waals surface area contributed by atoms with E-state index in [-0.39, 0.29) is 18.1 Å². The van der Waals surface area contributed by atoms with Crippen LogP contribution in [0, 0.1) is 0 Å². The summed E-state index contributed by atoms with van der Waals surface area (Å²) in [7, 11) is 1.62. The highest BCUT2D eigenvalue weighted by atomic mass is 19.3. The number of fused-ring (bicyclic) bond motifs is 1. The second-order valence-corrected chi connectivity index (χ2v) is 8.11. The molecule has 4 heterocycles. The van der Waals surface area contributed by atoms with Gasteiger partial charge in [-0.2, -0.15) is 4.68 Å². The fraction of sp³-hybridized carbons (Fsp3) is 0.273.